The largest absolute Gasteiger partial charge is 0.463 e. The second-order valence-electron chi connectivity index (χ2n) is 4.80. The van der Waals surface area contributed by atoms with Gasteiger partial charge >= 0.3 is 0 Å². The monoisotopic (exact) mass is 420 g/mol. The molecule has 0 bridgehead atoms. The minimum atomic E-state index is 0.919. The lowest BCUT2D eigenvalue weighted by Crippen LogP contribution is -1.67. The molecule has 0 radical (unpaired) electrons. The van der Waals surface area contributed by atoms with Crippen molar-refractivity contribution >= 4 is 53.8 Å². The first-order valence-corrected chi connectivity index (χ1v) is 8.56. The third-order valence-corrected chi connectivity index (χ3v) is 4.58. The van der Waals surface area contributed by atoms with Gasteiger partial charge in [-0.2, -0.15) is 0 Å². The Bertz CT molecular complexity index is 906. The lowest BCUT2D eigenvalue weighted by molar-refractivity contribution is 0.555. The van der Waals surface area contributed by atoms with Crippen molar-refractivity contribution in [3.63, 3.8) is 0 Å². The fraction of sp³-hybridized carbons (Fsp3) is 0.111. The maximum absolute atomic E-state index is 5.60. The van der Waals surface area contributed by atoms with E-state index in [1.54, 1.807) is 6.26 Å². The fourth-order valence-corrected chi connectivity index (χ4v) is 3.15. The van der Waals surface area contributed by atoms with Crippen LogP contribution >= 0.6 is 31.9 Å². The molecule has 2 heterocycles. The van der Waals surface area contributed by atoms with Crippen LogP contribution < -0.4 is 0 Å². The van der Waals surface area contributed by atoms with Gasteiger partial charge in [0.05, 0.1) is 15.2 Å². The van der Waals surface area contributed by atoms with Gasteiger partial charge in [0.1, 0.15) is 16.9 Å². The molecule has 4 aromatic rings. The molecule has 4 heteroatoms. The Morgan fingerprint density at radius 1 is 0.864 bits per heavy atom. The number of fused-ring (bicyclic) bond motifs is 2. The van der Waals surface area contributed by atoms with Crippen LogP contribution in [0.5, 0.6) is 0 Å². The first-order chi connectivity index (χ1) is 10.7. The predicted molar refractivity (Wildman–Crippen MR) is 97.2 cm³/mol. The Labute approximate surface area is 145 Å². The lowest BCUT2D eigenvalue weighted by Gasteiger charge is -1.89. The van der Waals surface area contributed by atoms with Gasteiger partial charge in [-0.25, -0.2) is 0 Å². The molecule has 0 amide bonds. The van der Waals surface area contributed by atoms with E-state index in [-0.39, 0.29) is 0 Å². The smallest absolute Gasteiger partial charge is 0.148 e. The zero-order valence-corrected chi connectivity index (χ0v) is 15.1. The van der Waals surface area contributed by atoms with Crippen LogP contribution in [0.25, 0.3) is 21.9 Å². The van der Waals surface area contributed by atoms with E-state index in [1.165, 1.54) is 5.39 Å². The molecule has 22 heavy (non-hydrogen) atoms. The molecule has 112 valence electrons. The number of hydrogen-bond acceptors (Lipinski definition) is 2. The summed E-state index contributed by atoms with van der Waals surface area (Å²) in [5, 5.41) is 2.30. The highest BCUT2D eigenvalue weighted by atomic mass is 79.9. The van der Waals surface area contributed by atoms with E-state index in [4.69, 9.17) is 8.83 Å². The summed E-state index contributed by atoms with van der Waals surface area (Å²) in [5.74, 6) is 1.04. The molecule has 2 aromatic carbocycles. The van der Waals surface area contributed by atoms with Crippen molar-refractivity contribution in [1.82, 2.24) is 0 Å². The van der Waals surface area contributed by atoms with Gasteiger partial charge in [0.15, 0.2) is 0 Å². The van der Waals surface area contributed by atoms with Gasteiger partial charge in [0.2, 0.25) is 0 Å². The van der Waals surface area contributed by atoms with Crippen molar-refractivity contribution in [2.45, 2.75) is 13.3 Å². The maximum Gasteiger partial charge on any atom is 0.148 e. The first-order valence-electron chi connectivity index (χ1n) is 6.97. The van der Waals surface area contributed by atoms with Crippen molar-refractivity contribution in [2.24, 2.45) is 0 Å². The summed E-state index contributed by atoms with van der Waals surface area (Å²) in [4.78, 5) is 0. The SMILES string of the molecule is Brc1cccc2ccoc12.CCc1cc2cccc(Br)c2o1. The predicted octanol–water partition coefficient (Wildman–Crippen LogP) is 6.95. The van der Waals surface area contributed by atoms with Gasteiger partial charge in [-0.05, 0) is 56.1 Å². The Balaban J connectivity index is 0.000000133. The molecule has 2 nitrogen and oxygen atoms in total. The number of hydrogen-bond donors (Lipinski definition) is 0. The molecule has 0 aliphatic carbocycles. The highest BCUT2D eigenvalue weighted by Crippen LogP contribution is 2.27. The molecular formula is C18H14Br2O2. The van der Waals surface area contributed by atoms with E-state index in [0.717, 1.165) is 37.7 Å². The molecular weight excluding hydrogens is 408 g/mol. The Morgan fingerprint density at radius 2 is 1.55 bits per heavy atom. The van der Waals surface area contributed by atoms with E-state index in [0.29, 0.717) is 0 Å². The van der Waals surface area contributed by atoms with E-state index in [2.05, 4.69) is 50.9 Å². The average Bonchev–Trinajstić information content (AvgIpc) is 3.15. The maximum atomic E-state index is 5.60. The molecule has 0 N–H and O–H groups in total. The molecule has 0 spiro atoms. The van der Waals surface area contributed by atoms with Gasteiger partial charge in [0, 0.05) is 17.2 Å². The molecule has 0 atom stereocenters. The molecule has 2 aromatic heterocycles. The van der Waals surface area contributed by atoms with Crippen LogP contribution in [-0.4, -0.2) is 0 Å². The topological polar surface area (TPSA) is 26.3 Å². The number of aryl methyl sites for hydroxylation is 1. The standard InChI is InChI=1S/C10H9BrO.C8H5BrO/c1-2-8-6-7-4-3-5-9(11)10(7)12-8;9-7-3-1-2-6-4-5-10-8(6)7/h3-6H,2H2,1H3;1-5H. The van der Waals surface area contributed by atoms with Crippen LogP contribution in [0, 0.1) is 0 Å². The third kappa shape index (κ3) is 3.13. The molecule has 0 saturated carbocycles. The van der Waals surface area contributed by atoms with E-state index < -0.39 is 0 Å². The van der Waals surface area contributed by atoms with Crippen molar-refractivity contribution in [1.29, 1.82) is 0 Å². The van der Waals surface area contributed by atoms with Crippen LogP contribution in [0.3, 0.4) is 0 Å². The summed E-state index contributed by atoms with van der Waals surface area (Å²) in [5.41, 5.74) is 1.87. The van der Waals surface area contributed by atoms with Crippen LogP contribution in [0.15, 0.2) is 72.6 Å². The number of para-hydroxylation sites is 2. The molecule has 0 saturated heterocycles. The van der Waals surface area contributed by atoms with Gasteiger partial charge < -0.3 is 8.83 Å². The number of furan rings is 2. The second kappa shape index (κ2) is 6.71. The zero-order valence-electron chi connectivity index (χ0n) is 12.0. The van der Waals surface area contributed by atoms with Crippen LogP contribution in [0.4, 0.5) is 0 Å². The third-order valence-electron chi connectivity index (χ3n) is 3.33. The molecule has 4 rings (SSSR count). The molecule has 0 unspecified atom stereocenters. The summed E-state index contributed by atoms with van der Waals surface area (Å²) in [6.45, 7) is 2.09. The van der Waals surface area contributed by atoms with Gasteiger partial charge in [-0.15, -0.1) is 0 Å². The van der Waals surface area contributed by atoms with Crippen LogP contribution in [0.2, 0.25) is 0 Å². The number of rotatable bonds is 1. The number of benzene rings is 2. The summed E-state index contributed by atoms with van der Waals surface area (Å²) in [6, 6.07) is 16.1. The van der Waals surface area contributed by atoms with Crippen LogP contribution in [0.1, 0.15) is 12.7 Å². The fourth-order valence-electron chi connectivity index (χ4n) is 2.21. The first kappa shape index (κ1) is 15.4. The summed E-state index contributed by atoms with van der Waals surface area (Å²) >= 11 is 6.83. The van der Waals surface area contributed by atoms with E-state index in [9.17, 15) is 0 Å². The van der Waals surface area contributed by atoms with Crippen molar-refractivity contribution in [3.05, 3.63) is 69.5 Å². The van der Waals surface area contributed by atoms with Gasteiger partial charge in [0.25, 0.3) is 0 Å². The summed E-state index contributed by atoms with van der Waals surface area (Å²) in [7, 11) is 0. The Kier molecular flexibility index (Phi) is 4.69. The Morgan fingerprint density at radius 3 is 2.18 bits per heavy atom. The van der Waals surface area contributed by atoms with Gasteiger partial charge in [-0.1, -0.05) is 31.2 Å². The Hall–Kier alpha value is -1.52. The molecule has 0 aliphatic rings. The van der Waals surface area contributed by atoms with Crippen molar-refractivity contribution in [3.8, 4) is 0 Å². The second-order valence-corrected chi connectivity index (χ2v) is 6.51. The van der Waals surface area contributed by atoms with E-state index >= 15 is 0 Å². The summed E-state index contributed by atoms with van der Waals surface area (Å²) < 4.78 is 12.8. The van der Waals surface area contributed by atoms with Crippen LogP contribution in [-0.2, 0) is 6.42 Å². The quantitative estimate of drug-likeness (QED) is 0.332. The molecule has 0 aliphatic heterocycles. The summed E-state index contributed by atoms with van der Waals surface area (Å²) in [6.07, 6.45) is 2.64. The normalized spacial score (nSPS) is 10.7. The average molecular weight is 422 g/mol. The minimum Gasteiger partial charge on any atom is -0.463 e. The molecule has 0 fully saturated rings. The zero-order chi connectivity index (χ0) is 15.5. The highest BCUT2D eigenvalue weighted by Gasteiger charge is 2.03. The highest BCUT2D eigenvalue weighted by molar-refractivity contribution is 9.11. The van der Waals surface area contributed by atoms with Crippen molar-refractivity contribution < 1.29 is 8.83 Å². The van der Waals surface area contributed by atoms with Gasteiger partial charge in [-0.3, -0.25) is 0 Å². The van der Waals surface area contributed by atoms with E-state index in [1.807, 2.05) is 36.4 Å². The minimum absolute atomic E-state index is 0.919. The lowest BCUT2D eigenvalue weighted by atomic mass is 10.2. The number of halogens is 2. The van der Waals surface area contributed by atoms with Crippen molar-refractivity contribution in [2.75, 3.05) is 0 Å².